The highest BCUT2D eigenvalue weighted by Crippen LogP contribution is 2.32. The zero-order valence-corrected chi connectivity index (χ0v) is 14.9. The van der Waals surface area contributed by atoms with Crippen LogP contribution in [0.5, 0.6) is 0 Å². The molecule has 2 heterocycles. The van der Waals surface area contributed by atoms with Gasteiger partial charge in [0.05, 0.1) is 9.94 Å². The van der Waals surface area contributed by atoms with Gasteiger partial charge in [0.25, 0.3) is 10.0 Å². The number of piperidine rings is 1. The van der Waals surface area contributed by atoms with Crippen LogP contribution in [0, 0.1) is 0 Å². The molecule has 0 bridgehead atoms. The maximum atomic E-state index is 12.6. The fraction of sp³-hybridized carbons (Fsp3) is 0.375. The van der Waals surface area contributed by atoms with Crippen molar-refractivity contribution < 1.29 is 13.5 Å². The molecule has 0 saturated carbocycles. The Morgan fingerprint density at radius 1 is 1.13 bits per heavy atom. The van der Waals surface area contributed by atoms with Crippen LogP contribution in [-0.2, 0) is 16.4 Å². The lowest BCUT2D eigenvalue weighted by Crippen LogP contribution is -2.47. The number of sulfonamides is 1. The van der Waals surface area contributed by atoms with Gasteiger partial charge in [-0.05, 0) is 30.5 Å². The first-order valence-corrected chi connectivity index (χ1v) is 10.0. The Morgan fingerprint density at radius 2 is 1.78 bits per heavy atom. The number of halogens is 1. The van der Waals surface area contributed by atoms with Crippen molar-refractivity contribution in [1.82, 2.24) is 4.31 Å². The summed E-state index contributed by atoms with van der Waals surface area (Å²) in [4.78, 5) is 0. The van der Waals surface area contributed by atoms with Gasteiger partial charge in [0, 0.05) is 19.5 Å². The Balaban J connectivity index is 1.68. The largest absolute Gasteiger partial charge is 0.389 e. The van der Waals surface area contributed by atoms with Gasteiger partial charge >= 0.3 is 0 Å². The average molecular weight is 372 g/mol. The first-order valence-electron chi connectivity index (χ1n) is 7.41. The van der Waals surface area contributed by atoms with E-state index < -0.39 is 15.6 Å². The van der Waals surface area contributed by atoms with E-state index >= 15 is 0 Å². The van der Waals surface area contributed by atoms with Crippen molar-refractivity contribution in [3.63, 3.8) is 0 Å². The van der Waals surface area contributed by atoms with Gasteiger partial charge in [0.1, 0.15) is 4.21 Å². The Bertz CT molecular complexity index is 766. The summed E-state index contributed by atoms with van der Waals surface area (Å²) in [7, 11) is -3.51. The summed E-state index contributed by atoms with van der Waals surface area (Å²) in [5.41, 5.74) is 0.219. The minimum atomic E-state index is -3.51. The number of thiophene rings is 1. The number of rotatable bonds is 4. The van der Waals surface area contributed by atoms with Crippen LogP contribution < -0.4 is 0 Å². The fourth-order valence-electron chi connectivity index (χ4n) is 2.86. The average Bonchev–Trinajstić information content (AvgIpc) is 2.96. The van der Waals surface area contributed by atoms with Crippen LogP contribution in [0.1, 0.15) is 18.4 Å². The predicted octanol–water partition coefficient (Wildman–Crippen LogP) is 3.16. The highest BCUT2D eigenvalue weighted by molar-refractivity contribution is 7.91. The standard InChI is InChI=1S/C16H18ClNO3S2/c17-14-6-7-15(22-14)23(20,21)18-10-8-16(19,9-11-18)12-13-4-2-1-3-5-13/h1-7,19H,8-12H2. The zero-order chi connectivity index (χ0) is 16.5. The first kappa shape index (κ1) is 16.9. The third kappa shape index (κ3) is 3.78. The maximum Gasteiger partial charge on any atom is 0.252 e. The quantitative estimate of drug-likeness (QED) is 0.898. The van der Waals surface area contributed by atoms with Gasteiger partial charge in [-0.2, -0.15) is 4.31 Å². The molecule has 0 unspecified atom stereocenters. The maximum absolute atomic E-state index is 12.6. The Morgan fingerprint density at radius 3 is 2.35 bits per heavy atom. The van der Waals surface area contributed by atoms with E-state index in [1.807, 2.05) is 30.3 Å². The number of hydrogen-bond acceptors (Lipinski definition) is 4. The van der Waals surface area contributed by atoms with Gasteiger partial charge in [-0.1, -0.05) is 41.9 Å². The van der Waals surface area contributed by atoms with Crippen molar-refractivity contribution in [3.05, 3.63) is 52.4 Å². The molecule has 7 heteroatoms. The zero-order valence-electron chi connectivity index (χ0n) is 12.5. The van der Waals surface area contributed by atoms with Crippen LogP contribution in [0.2, 0.25) is 4.34 Å². The number of benzene rings is 1. The lowest BCUT2D eigenvalue weighted by Gasteiger charge is -2.37. The number of aliphatic hydroxyl groups is 1. The van der Waals surface area contributed by atoms with E-state index in [1.165, 1.54) is 10.4 Å². The van der Waals surface area contributed by atoms with Gasteiger partial charge in [0.2, 0.25) is 0 Å². The topological polar surface area (TPSA) is 57.6 Å². The highest BCUT2D eigenvalue weighted by atomic mass is 35.5. The van der Waals surface area contributed by atoms with Crippen LogP contribution in [0.4, 0.5) is 0 Å². The van der Waals surface area contributed by atoms with E-state index in [1.54, 1.807) is 6.07 Å². The summed E-state index contributed by atoms with van der Waals surface area (Å²) in [6, 6.07) is 12.9. The second-order valence-electron chi connectivity index (χ2n) is 5.85. The van der Waals surface area contributed by atoms with Crippen LogP contribution in [-0.4, -0.2) is 36.5 Å². The SMILES string of the molecule is O=S(=O)(c1ccc(Cl)s1)N1CCC(O)(Cc2ccccc2)CC1. The molecule has 1 aromatic carbocycles. The lowest BCUT2D eigenvalue weighted by atomic mass is 9.86. The second kappa shape index (κ2) is 6.53. The number of nitrogens with zero attached hydrogens (tertiary/aromatic N) is 1. The molecule has 4 nitrogen and oxygen atoms in total. The summed E-state index contributed by atoms with van der Waals surface area (Å²) < 4.78 is 27.3. The molecule has 1 fully saturated rings. The van der Waals surface area contributed by atoms with Crippen LogP contribution in [0.15, 0.2) is 46.7 Å². The highest BCUT2D eigenvalue weighted by Gasteiger charge is 2.37. The molecule has 1 aliphatic rings. The third-order valence-corrected chi connectivity index (χ3v) is 7.77. The second-order valence-corrected chi connectivity index (χ2v) is 9.73. The minimum Gasteiger partial charge on any atom is -0.389 e. The third-order valence-electron chi connectivity index (χ3n) is 4.17. The van der Waals surface area contributed by atoms with Crippen LogP contribution >= 0.6 is 22.9 Å². The van der Waals surface area contributed by atoms with Crippen molar-refractivity contribution in [2.24, 2.45) is 0 Å². The summed E-state index contributed by atoms with van der Waals surface area (Å²) in [5.74, 6) is 0. The first-order chi connectivity index (χ1) is 10.9. The Hall–Kier alpha value is -0.920. The van der Waals surface area contributed by atoms with Gasteiger partial charge in [0.15, 0.2) is 0 Å². The fourth-order valence-corrected chi connectivity index (χ4v) is 5.94. The Kier molecular flexibility index (Phi) is 4.80. The molecule has 2 aromatic rings. The van der Waals surface area contributed by atoms with Gasteiger partial charge in [-0.15, -0.1) is 11.3 Å². The molecule has 0 aliphatic carbocycles. The van der Waals surface area contributed by atoms with Crippen LogP contribution in [0.25, 0.3) is 0 Å². The van der Waals surface area contributed by atoms with Gasteiger partial charge in [-0.25, -0.2) is 8.42 Å². The molecular weight excluding hydrogens is 354 g/mol. The van der Waals surface area contributed by atoms with Crippen molar-refractivity contribution in [2.45, 2.75) is 29.1 Å². The molecular formula is C16H18ClNO3S2. The van der Waals surface area contributed by atoms with Crippen molar-refractivity contribution in [3.8, 4) is 0 Å². The molecule has 3 rings (SSSR count). The molecule has 1 aliphatic heterocycles. The normalized spacial score (nSPS) is 18.9. The summed E-state index contributed by atoms with van der Waals surface area (Å²) in [5, 5.41) is 10.7. The number of hydrogen-bond donors (Lipinski definition) is 1. The molecule has 1 saturated heterocycles. The Labute approximate surface area is 145 Å². The molecule has 0 spiro atoms. The van der Waals surface area contributed by atoms with E-state index in [4.69, 9.17) is 11.6 Å². The summed E-state index contributed by atoms with van der Waals surface area (Å²) >= 11 is 6.90. The molecule has 124 valence electrons. The van der Waals surface area contributed by atoms with E-state index in [0.717, 1.165) is 16.9 Å². The van der Waals surface area contributed by atoms with E-state index in [2.05, 4.69) is 0 Å². The van der Waals surface area contributed by atoms with Gasteiger partial charge in [-0.3, -0.25) is 0 Å². The molecule has 0 radical (unpaired) electrons. The van der Waals surface area contributed by atoms with E-state index in [0.29, 0.717) is 36.7 Å². The van der Waals surface area contributed by atoms with Gasteiger partial charge < -0.3 is 5.11 Å². The predicted molar refractivity (Wildman–Crippen MR) is 92.4 cm³/mol. The summed E-state index contributed by atoms with van der Waals surface area (Å²) in [6.07, 6.45) is 1.41. The van der Waals surface area contributed by atoms with Crippen molar-refractivity contribution in [2.75, 3.05) is 13.1 Å². The molecule has 0 atom stereocenters. The smallest absolute Gasteiger partial charge is 0.252 e. The van der Waals surface area contributed by atoms with Crippen molar-refractivity contribution >= 4 is 33.0 Å². The molecule has 23 heavy (non-hydrogen) atoms. The van der Waals surface area contributed by atoms with E-state index in [9.17, 15) is 13.5 Å². The molecule has 1 aromatic heterocycles. The van der Waals surface area contributed by atoms with Crippen molar-refractivity contribution in [1.29, 1.82) is 0 Å². The monoisotopic (exact) mass is 371 g/mol. The minimum absolute atomic E-state index is 0.260. The lowest BCUT2D eigenvalue weighted by molar-refractivity contribution is -0.00437. The molecule has 1 N–H and O–H groups in total. The van der Waals surface area contributed by atoms with E-state index in [-0.39, 0.29) is 4.21 Å². The van der Waals surface area contributed by atoms with Crippen LogP contribution in [0.3, 0.4) is 0 Å². The summed E-state index contributed by atoms with van der Waals surface area (Å²) in [6.45, 7) is 0.641. The molecule has 0 amide bonds.